The predicted molar refractivity (Wildman–Crippen MR) is 135 cm³/mol. The number of ether oxygens (including phenoxy) is 3. The lowest BCUT2D eigenvalue weighted by Gasteiger charge is -2.43. The van der Waals surface area contributed by atoms with Gasteiger partial charge in [-0.25, -0.2) is 19.2 Å². The molecule has 0 aliphatic carbocycles. The van der Waals surface area contributed by atoms with Crippen molar-refractivity contribution in [3.63, 3.8) is 0 Å². The number of aromatic nitrogens is 2. The quantitative estimate of drug-likeness (QED) is 0.177. The Morgan fingerprint density at radius 2 is 1.51 bits per heavy atom. The van der Waals surface area contributed by atoms with Crippen molar-refractivity contribution in [2.24, 2.45) is 5.11 Å². The standard InChI is InChI=1S/C24H18BrN5O9/c25-14-11-30(24(36)27-19(14)31)20-18(39-23(35)13-9-5-2-6-10-13)16(15(28-29-26)17(37-20)21(32)33)38-22(34)12-7-3-1-4-8-12/h1-11,15-18,20H,(H,32,33)(H,27,31,36)/t15-,16-,17-,18+,20+/m0/s1. The van der Waals surface area contributed by atoms with E-state index < -0.39 is 59.7 Å². The SMILES string of the molecule is [N-]=[N+]=N[C@H]1[C@H](OC(=O)c2ccccc2)[C@@H](OC(=O)c2ccccc2)[C@H](n2cc(Br)c(=O)[nH]c2=O)O[C@@H]1C(=O)O. The number of carboxylic acids is 1. The summed E-state index contributed by atoms with van der Waals surface area (Å²) in [5, 5.41) is 13.4. The first-order valence-corrected chi connectivity index (χ1v) is 12.0. The third kappa shape index (κ3) is 5.90. The number of H-pyrrole nitrogens is 1. The second-order valence-corrected chi connectivity index (χ2v) is 8.95. The summed E-state index contributed by atoms with van der Waals surface area (Å²) in [5.74, 6) is -3.53. The first kappa shape index (κ1) is 27.3. The number of halogens is 1. The number of esters is 2. The van der Waals surface area contributed by atoms with Gasteiger partial charge >= 0.3 is 23.6 Å². The van der Waals surface area contributed by atoms with Crippen LogP contribution in [0.5, 0.6) is 0 Å². The molecule has 0 unspecified atom stereocenters. The molecule has 2 N–H and O–H groups in total. The van der Waals surface area contributed by atoms with E-state index in [0.29, 0.717) is 0 Å². The van der Waals surface area contributed by atoms with E-state index in [1.165, 1.54) is 24.3 Å². The average molecular weight is 600 g/mol. The average Bonchev–Trinajstić information content (AvgIpc) is 2.93. The zero-order valence-electron chi connectivity index (χ0n) is 19.6. The number of hydrogen-bond acceptors (Lipinski definition) is 9. The molecule has 14 nitrogen and oxygen atoms in total. The van der Waals surface area contributed by atoms with Gasteiger partial charge in [0.2, 0.25) is 0 Å². The number of benzene rings is 2. The third-order valence-corrected chi connectivity index (χ3v) is 6.23. The number of carboxylic acid groups (broad SMARTS) is 1. The maximum absolute atomic E-state index is 13.1. The van der Waals surface area contributed by atoms with Gasteiger partial charge in [0.25, 0.3) is 5.56 Å². The highest BCUT2D eigenvalue weighted by molar-refractivity contribution is 9.10. The molecule has 15 heteroatoms. The second kappa shape index (κ2) is 11.8. The number of azide groups is 1. The summed E-state index contributed by atoms with van der Waals surface area (Å²) in [6.07, 6.45) is -6.19. The fourth-order valence-electron chi connectivity index (χ4n) is 3.89. The molecule has 1 aromatic heterocycles. The van der Waals surface area contributed by atoms with Gasteiger partial charge in [-0.05, 0) is 45.7 Å². The van der Waals surface area contributed by atoms with Gasteiger partial charge in [0.05, 0.1) is 15.6 Å². The Bertz CT molecular complexity index is 1550. The van der Waals surface area contributed by atoms with Crippen molar-refractivity contribution in [3.8, 4) is 0 Å². The molecule has 2 heterocycles. The molecule has 0 saturated carbocycles. The molecule has 1 aliphatic rings. The van der Waals surface area contributed by atoms with E-state index in [0.717, 1.165) is 10.8 Å². The number of carbonyl (C=O) groups is 3. The van der Waals surface area contributed by atoms with Gasteiger partial charge in [0, 0.05) is 11.1 Å². The number of nitrogens with zero attached hydrogens (tertiary/aromatic N) is 4. The molecule has 0 spiro atoms. The van der Waals surface area contributed by atoms with E-state index in [4.69, 9.17) is 14.2 Å². The Morgan fingerprint density at radius 1 is 0.974 bits per heavy atom. The molecule has 2 aromatic carbocycles. The van der Waals surface area contributed by atoms with Crippen molar-refractivity contribution < 1.29 is 33.7 Å². The van der Waals surface area contributed by atoms with Crippen LogP contribution >= 0.6 is 15.9 Å². The first-order chi connectivity index (χ1) is 18.7. The molecule has 0 radical (unpaired) electrons. The van der Waals surface area contributed by atoms with Crippen molar-refractivity contribution in [1.29, 1.82) is 0 Å². The molecule has 39 heavy (non-hydrogen) atoms. The van der Waals surface area contributed by atoms with Crippen molar-refractivity contribution in [3.05, 3.63) is 114 Å². The van der Waals surface area contributed by atoms with Crippen LogP contribution in [0.1, 0.15) is 26.9 Å². The first-order valence-electron chi connectivity index (χ1n) is 11.2. The minimum Gasteiger partial charge on any atom is -0.479 e. The van der Waals surface area contributed by atoms with E-state index in [9.17, 15) is 34.6 Å². The summed E-state index contributed by atoms with van der Waals surface area (Å²) < 4.78 is 17.5. The molecule has 0 bridgehead atoms. The lowest BCUT2D eigenvalue weighted by molar-refractivity contribution is -0.216. The fraction of sp³-hybridized carbons (Fsp3) is 0.208. The highest BCUT2D eigenvalue weighted by Crippen LogP contribution is 2.35. The molecule has 1 saturated heterocycles. The molecule has 0 amide bonds. The number of carbonyl (C=O) groups excluding carboxylic acids is 2. The number of hydrogen-bond donors (Lipinski definition) is 2. The van der Waals surface area contributed by atoms with Gasteiger partial charge in [-0.3, -0.25) is 14.3 Å². The zero-order chi connectivity index (χ0) is 28.1. The van der Waals surface area contributed by atoms with Gasteiger partial charge in [-0.2, -0.15) is 0 Å². The van der Waals surface area contributed by atoms with Gasteiger partial charge in [-0.15, -0.1) is 0 Å². The molecular formula is C24H18BrN5O9. The molecule has 4 rings (SSSR count). The fourth-order valence-corrected chi connectivity index (χ4v) is 4.21. The Balaban J connectivity index is 1.87. The largest absolute Gasteiger partial charge is 0.479 e. The number of rotatable bonds is 7. The van der Waals surface area contributed by atoms with Crippen molar-refractivity contribution >= 4 is 33.8 Å². The van der Waals surface area contributed by atoms with E-state index in [2.05, 4.69) is 26.0 Å². The van der Waals surface area contributed by atoms with Crippen LogP contribution in [-0.2, 0) is 19.0 Å². The van der Waals surface area contributed by atoms with E-state index >= 15 is 0 Å². The van der Waals surface area contributed by atoms with Crippen LogP contribution < -0.4 is 11.2 Å². The summed E-state index contributed by atoms with van der Waals surface area (Å²) in [4.78, 5) is 67.7. The van der Waals surface area contributed by atoms with Gasteiger partial charge in [0.1, 0.15) is 6.04 Å². The van der Waals surface area contributed by atoms with Crippen molar-refractivity contribution in [1.82, 2.24) is 9.55 Å². The highest BCUT2D eigenvalue weighted by Gasteiger charge is 2.53. The number of aliphatic carboxylic acids is 1. The van der Waals surface area contributed by atoms with Crippen LogP contribution in [-0.4, -0.2) is 56.9 Å². The Hall–Kier alpha value is -4.72. The summed E-state index contributed by atoms with van der Waals surface area (Å²) in [6, 6.07) is 13.5. The summed E-state index contributed by atoms with van der Waals surface area (Å²) in [5.41, 5.74) is 7.48. The smallest absolute Gasteiger partial charge is 0.338 e. The maximum atomic E-state index is 13.1. The van der Waals surface area contributed by atoms with Crippen molar-refractivity contribution in [2.45, 2.75) is 30.6 Å². The molecule has 5 atom stereocenters. The molecule has 1 aliphatic heterocycles. The minimum atomic E-state index is -1.95. The molecule has 200 valence electrons. The lowest BCUT2D eigenvalue weighted by atomic mass is 9.95. The maximum Gasteiger partial charge on any atom is 0.338 e. The topological polar surface area (TPSA) is 203 Å². The number of nitrogens with one attached hydrogen (secondary N) is 1. The van der Waals surface area contributed by atoms with Crippen LogP contribution in [0.15, 0.2) is 86.0 Å². The van der Waals surface area contributed by atoms with Crippen LogP contribution in [0.4, 0.5) is 0 Å². The Labute approximate surface area is 226 Å². The normalized spacial score (nSPS) is 22.2. The highest BCUT2D eigenvalue weighted by atomic mass is 79.9. The van der Waals surface area contributed by atoms with Crippen LogP contribution in [0, 0.1) is 0 Å². The van der Waals surface area contributed by atoms with Crippen LogP contribution in [0.2, 0.25) is 0 Å². The Kier molecular flexibility index (Phi) is 8.24. The molecule has 1 fully saturated rings. The van der Waals surface area contributed by atoms with Crippen LogP contribution in [0.3, 0.4) is 0 Å². The Morgan fingerprint density at radius 3 is 2.03 bits per heavy atom. The van der Waals surface area contributed by atoms with Gasteiger partial charge < -0.3 is 19.3 Å². The van der Waals surface area contributed by atoms with Gasteiger partial charge in [-0.1, -0.05) is 41.5 Å². The number of aromatic amines is 1. The van der Waals surface area contributed by atoms with Gasteiger partial charge in [0.15, 0.2) is 24.5 Å². The zero-order valence-corrected chi connectivity index (χ0v) is 21.2. The monoisotopic (exact) mass is 599 g/mol. The minimum absolute atomic E-state index is 0.0594. The molecular weight excluding hydrogens is 582 g/mol. The third-order valence-electron chi connectivity index (χ3n) is 5.67. The summed E-state index contributed by atoms with van der Waals surface area (Å²) >= 11 is 2.99. The van der Waals surface area contributed by atoms with E-state index in [-0.39, 0.29) is 15.6 Å². The molecule has 3 aromatic rings. The predicted octanol–water partition coefficient (Wildman–Crippen LogP) is 2.41. The summed E-state index contributed by atoms with van der Waals surface area (Å²) in [6.45, 7) is 0. The lowest BCUT2D eigenvalue weighted by Crippen LogP contribution is -2.60. The van der Waals surface area contributed by atoms with E-state index in [1.54, 1.807) is 36.4 Å². The van der Waals surface area contributed by atoms with Crippen molar-refractivity contribution in [2.75, 3.05) is 0 Å². The second-order valence-electron chi connectivity index (χ2n) is 8.10. The van der Waals surface area contributed by atoms with E-state index in [1.807, 2.05) is 4.98 Å². The summed E-state index contributed by atoms with van der Waals surface area (Å²) in [7, 11) is 0. The van der Waals surface area contributed by atoms with Crippen LogP contribution in [0.25, 0.3) is 10.4 Å².